The molecular weight excluding hydrogens is 328 g/mol. The van der Waals surface area contributed by atoms with E-state index in [1.54, 1.807) is 12.3 Å². The maximum Gasteiger partial charge on any atom is 0.270 e. The van der Waals surface area contributed by atoms with Crippen LogP contribution in [0.3, 0.4) is 0 Å². The highest BCUT2D eigenvalue weighted by Gasteiger charge is 2.17. The molecule has 1 fully saturated rings. The van der Waals surface area contributed by atoms with Crippen molar-refractivity contribution in [3.63, 3.8) is 0 Å². The summed E-state index contributed by atoms with van der Waals surface area (Å²) in [5, 5.41) is 6.32. The Morgan fingerprint density at radius 1 is 1.12 bits per heavy atom. The van der Waals surface area contributed by atoms with Gasteiger partial charge in [-0.3, -0.25) is 4.79 Å². The van der Waals surface area contributed by atoms with Crippen LogP contribution in [0.5, 0.6) is 0 Å². The van der Waals surface area contributed by atoms with Crippen LogP contribution < -0.4 is 15.5 Å². The molecule has 3 rings (SSSR count). The minimum absolute atomic E-state index is 0.169. The number of hydrogen-bond donors (Lipinski definition) is 2. The zero-order valence-electron chi connectivity index (χ0n) is 15.6. The van der Waals surface area contributed by atoms with Gasteiger partial charge in [0, 0.05) is 18.6 Å². The first-order valence-electron chi connectivity index (χ1n) is 8.90. The Morgan fingerprint density at radius 3 is 2.50 bits per heavy atom. The second-order valence-electron chi connectivity index (χ2n) is 7.38. The molecule has 1 aliphatic rings. The van der Waals surface area contributed by atoms with Gasteiger partial charge in [-0.1, -0.05) is 12.1 Å². The second kappa shape index (κ2) is 7.74. The number of amides is 1. The summed E-state index contributed by atoms with van der Waals surface area (Å²) in [5.41, 5.74) is 3.13. The summed E-state index contributed by atoms with van der Waals surface area (Å²) < 4.78 is 5.44. The van der Waals surface area contributed by atoms with Crippen LogP contribution in [0, 0.1) is 0 Å². The molecule has 0 aliphatic carbocycles. The first kappa shape index (κ1) is 18.2. The van der Waals surface area contributed by atoms with E-state index in [9.17, 15) is 4.79 Å². The normalized spacial score (nSPS) is 14.8. The molecule has 6 nitrogen and oxygen atoms in total. The number of nitrogens with zero attached hydrogens (tertiary/aromatic N) is 2. The number of carbonyl (C=O) groups excluding carboxylic acids is 1. The van der Waals surface area contributed by atoms with E-state index in [4.69, 9.17) is 4.74 Å². The van der Waals surface area contributed by atoms with E-state index in [0.717, 1.165) is 43.4 Å². The Balaban J connectivity index is 1.73. The van der Waals surface area contributed by atoms with Crippen molar-refractivity contribution in [2.24, 2.45) is 0 Å². The van der Waals surface area contributed by atoms with Crippen molar-refractivity contribution in [3.05, 3.63) is 48.3 Å². The summed E-state index contributed by atoms with van der Waals surface area (Å²) in [7, 11) is 0. The van der Waals surface area contributed by atoms with E-state index in [0.29, 0.717) is 5.69 Å². The third kappa shape index (κ3) is 4.73. The van der Waals surface area contributed by atoms with Crippen molar-refractivity contribution in [2.75, 3.05) is 36.5 Å². The standard InChI is InChI=1S/C20H26N4O2/c1-20(2,3)23-19(25)17-9-8-15(14-21-17)22-16-6-4-5-7-18(16)24-10-12-26-13-11-24/h4-9,14,22H,10-13H2,1-3H3,(H,23,25). The predicted octanol–water partition coefficient (Wildman–Crippen LogP) is 3.19. The molecule has 2 N–H and O–H groups in total. The highest BCUT2D eigenvalue weighted by molar-refractivity contribution is 5.93. The molecule has 0 saturated carbocycles. The minimum atomic E-state index is -0.285. The average molecular weight is 354 g/mol. The number of anilines is 3. The van der Waals surface area contributed by atoms with Crippen molar-refractivity contribution in [1.29, 1.82) is 0 Å². The number of nitrogens with one attached hydrogen (secondary N) is 2. The number of ether oxygens (including phenoxy) is 1. The first-order valence-corrected chi connectivity index (χ1v) is 8.90. The smallest absolute Gasteiger partial charge is 0.270 e. The number of para-hydroxylation sites is 2. The van der Waals surface area contributed by atoms with E-state index < -0.39 is 0 Å². The lowest BCUT2D eigenvalue weighted by molar-refractivity contribution is 0.0914. The molecule has 0 bridgehead atoms. The average Bonchev–Trinajstić information content (AvgIpc) is 2.62. The van der Waals surface area contributed by atoms with Gasteiger partial charge in [-0.15, -0.1) is 0 Å². The van der Waals surface area contributed by atoms with Gasteiger partial charge in [0.2, 0.25) is 0 Å². The molecule has 138 valence electrons. The van der Waals surface area contributed by atoms with E-state index in [1.165, 1.54) is 0 Å². The summed E-state index contributed by atoms with van der Waals surface area (Å²) >= 11 is 0. The number of benzene rings is 1. The maximum absolute atomic E-state index is 12.2. The summed E-state index contributed by atoms with van der Waals surface area (Å²) in [5.74, 6) is -0.169. The summed E-state index contributed by atoms with van der Waals surface area (Å²) in [4.78, 5) is 18.8. The second-order valence-corrected chi connectivity index (χ2v) is 7.38. The van der Waals surface area contributed by atoms with Gasteiger partial charge >= 0.3 is 0 Å². The van der Waals surface area contributed by atoms with Gasteiger partial charge in [0.15, 0.2) is 0 Å². The number of pyridine rings is 1. The molecule has 1 aromatic carbocycles. The van der Waals surface area contributed by atoms with Gasteiger partial charge in [0.1, 0.15) is 5.69 Å². The van der Waals surface area contributed by atoms with E-state index in [2.05, 4.69) is 26.6 Å². The molecule has 0 atom stereocenters. The molecule has 0 radical (unpaired) electrons. The SMILES string of the molecule is CC(C)(C)NC(=O)c1ccc(Nc2ccccc2N2CCOCC2)cn1. The lowest BCUT2D eigenvalue weighted by Gasteiger charge is -2.30. The maximum atomic E-state index is 12.2. The fourth-order valence-electron chi connectivity index (χ4n) is 2.82. The third-order valence-electron chi connectivity index (χ3n) is 4.02. The number of aromatic nitrogens is 1. The van der Waals surface area contributed by atoms with E-state index in [-0.39, 0.29) is 11.4 Å². The monoisotopic (exact) mass is 354 g/mol. The van der Waals surface area contributed by atoms with Gasteiger partial charge in [-0.05, 0) is 45.0 Å². The first-order chi connectivity index (χ1) is 12.4. The van der Waals surface area contributed by atoms with Crippen LogP contribution in [-0.2, 0) is 4.74 Å². The summed E-state index contributed by atoms with van der Waals surface area (Å²) in [6.07, 6.45) is 1.69. The van der Waals surface area contributed by atoms with Gasteiger partial charge in [0.25, 0.3) is 5.91 Å². The Hall–Kier alpha value is -2.60. The zero-order chi connectivity index (χ0) is 18.6. The largest absolute Gasteiger partial charge is 0.378 e. The van der Waals surface area contributed by atoms with E-state index in [1.807, 2.05) is 45.0 Å². The molecular formula is C20H26N4O2. The molecule has 6 heteroatoms. The Bertz CT molecular complexity index is 747. The van der Waals surface area contributed by atoms with Gasteiger partial charge in [-0.25, -0.2) is 4.98 Å². The summed E-state index contributed by atoms with van der Waals surface area (Å²) in [6, 6.07) is 11.8. The quantitative estimate of drug-likeness (QED) is 0.883. The molecule has 1 aliphatic heterocycles. The highest BCUT2D eigenvalue weighted by Crippen LogP contribution is 2.29. The Morgan fingerprint density at radius 2 is 1.85 bits per heavy atom. The fraction of sp³-hybridized carbons (Fsp3) is 0.400. The third-order valence-corrected chi connectivity index (χ3v) is 4.02. The van der Waals surface area contributed by atoms with Crippen molar-refractivity contribution < 1.29 is 9.53 Å². The topological polar surface area (TPSA) is 66.5 Å². The van der Waals surface area contributed by atoms with Crippen LogP contribution in [-0.4, -0.2) is 42.7 Å². The van der Waals surface area contributed by atoms with Gasteiger partial charge in [-0.2, -0.15) is 0 Å². The Labute approximate surface area is 154 Å². The van der Waals surface area contributed by atoms with Crippen LogP contribution in [0.4, 0.5) is 17.1 Å². The predicted molar refractivity (Wildman–Crippen MR) is 104 cm³/mol. The van der Waals surface area contributed by atoms with Crippen molar-refractivity contribution in [3.8, 4) is 0 Å². The lowest BCUT2D eigenvalue weighted by atomic mass is 10.1. The van der Waals surface area contributed by atoms with Gasteiger partial charge in [0.05, 0.1) is 36.5 Å². The van der Waals surface area contributed by atoms with Crippen LogP contribution >= 0.6 is 0 Å². The van der Waals surface area contributed by atoms with E-state index >= 15 is 0 Å². The molecule has 26 heavy (non-hydrogen) atoms. The highest BCUT2D eigenvalue weighted by atomic mass is 16.5. The molecule has 1 saturated heterocycles. The van der Waals surface area contributed by atoms with Crippen LogP contribution in [0.2, 0.25) is 0 Å². The Kier molecular flexibility index (Phi) is 5.42. The molecule has 2 heterocycles. The molecule has 0 spiro atoms. The van der Waals surface area contributed by atoms with Crippen LogP contribution in [0.15, 0.2) is 42.6 Å². The van der Waals surface area contributed by atoms with Crippen molar-refractivity contribution in [2.45, 2.75) is 26.3 Å². The molecule has 0 unspecified atom stereocenters. The zero-order valence-corrected chi connectivity index (χ0v) is 15.6. The van der Waals surface area contributed by atoms with Crippen molar-refractivity contribution >= 4 is 23.0 Å². The molecule has 1 amide bonds. The minimum Gasteiger partial charge on any atom is -0.378 e. The number of rotatable bonds is 4. The fourth-order valence-corrected chi connectivity index (χ4v) is 2.82. The van der Waals surface area contributed by atoms with Crippen LogP contribution in [0.25, 0.3) is 0 Å². The van der Waals surface area contributed by atoms with Gasteiger partial charge < -0.3 is 20.3 Å². The number of carbonyl (C=O) groups is 1. The summed E-state index contributed by atoms with van der Waals surface area (Å²) in [6.45, 7) is 9.09. The van der Waals surface area contributed by atoms with Crippen molar-refractivity contribution in [1.82, 2.24) is 10.3 Å². The number of hydrogen-bond acceptors (Lipinski definition) is 5. The number of morpholine rings is 1. The van der Waals surface area contributed by atoms with Crippen LogP contribution in [0.1, 0.15) is 31.3 Å². The molecule has 1 aromatic heterocycles. The molecule has 2 aromatic rings. The lowest BCUT2D eigenvalue weighted by Crippen LogP contribution is -2.40.